The van der Waals surface area contributed by atoms with E-state index in [0.29, 0.717) is 29.7 Å². The Balaban J connectivity index is 1.68. The number of fused-ring (bicyclic) bond motifs is 2. The average molecular weight is 439 g/mol. The van der Waals surface area contributed by atoms with Crippen LogP contribution in [0.5, 0.6) is 0 Å². The quantitative estimate of drug-likeness (QED) is 0.585. The predicted molar refractivity (Wildman–Crippen MR) is 121 cm³/mol. The van der Waals surface area contributed by atoms with Crippen molar-refractivity contribution in [3.63, 3.8) is 0 Å². The highest BCUT2D eigenvalue weighted by Gasteiger charge is 2.30. The highest BCUT2D eigenvalue weighted by molar-refractivity contribution is 7.13. The summed E-state index contributed by atoms with van der Waals surface area (Å²) in [5.74, 6) is -0.858. The molecule has 0 fully saturated rings. The van der Waals surface area contributed by atoms with E-state index in [1.165, 1.54) is 11.3 Å². The third-order valence-corrected chi connectivity index (χ3v) is 6.27. The summed E-state index contributed by atoms with van der Waals surface area (Å²) in [4.78, 5) is 37.3. The van der Waals surface area contributed by atoms with Crippen LogP contribution in [0.2, 0.25) is 0 Å². The highest BCUT2D eigenvalue weighted by atomic mass is 32.1. The molecule has 31 heavy (non-hydrogen) atoms. The molecule has 1 amide bonds. The van der Waals surface area contributed by atoms with Crippen LogP contribution in [0.25, 0.3) is 10.9 Å². The van der Waals surface area contributed by atoms with Crippen LogP contribution in [0.3, 0.4) is 0 Å². The molecule has 3 aromatic rings. The molecule has 0 bridgehead atoms. The smallest absolute Gasteiger partial charge is 0.340 e. The second-order valence-electron chi connectivity index (χ2n) is 7.87. The number of hydrogen-bond donors (Lipinski definition) is 1. The molecule has 1 aliphatic rings. The minimum atomic E-state index is -0.899. The Labute approximate surface area is 185 Å². The molecule has 2 aromatic heterocycles. The van der Waals surface area contributed by atoms with Crippen LogP contribution in [0.1, 0.15) is 48.8 Å². The maximum absolute atomic E-state index is 13.4. The average Bonchev–Trinajstić information content (AvgIpc) is 3.28. The largest absolute Gasteiger partial charge is 0.449 e. The van der Waals surface area contributed by atoms with Gasteiger partial charge in [-0.2, -0.15) is 0 Å². The van der Waals surface area contributed by atoms with E-state index >= 15 is 0 Å². The van der Waals surface area contributed by atoms with Crippen molar-refractivity contribution in [2.24, 2.45) is 0 Å². The van der Waals surface area contributed by atoms with E-state index < -0.39 is 12.1 Å². The van der Waals surface area contributed by atoms with E-state index in [4.69, 9.17) is 9.72 Å². The summed E-state index contributed by atoms with van der Waals surface area (Å²) in [5, 5.41) is 5.74. The molecule has 1 atom stereocenters. The number of esters is 1. The Kier molecular flexibility index (Phi) is 6.29. The monoisotopic (exact) mass is 438 g/mol. The fourth-order valence-electron chi connectivity index (χ4n) is 3.87. The fraction of sp³-hybridized carbons (Fsp3) is 0.391. The summed E-state index contributed by atoms with van der Waals surface area (Å²) < 4.78 is 5.75. The maximum Gasteiger partial charge on any atom is 0.340 e. The van der Waals surface area contributed by atoms with Crippen molar-refractivity contribution in [3.05, 3.63) is 52.7 Å². The molecule has 0 saturated heterocycles. The number of nitrogens with zero attached hydrogens (tertiary/aromatic N) is 3. The number of anilines is 1. The number of aromatic nitrogens is 2. The molecule has 0 aliphatic carbocycles. The molecule has 1 N–H and O–H groups in total. The van der Waals surface area contributed by atoms with Gasteiger partial charge in [0.15, 0.2) is 11.2 Å². The standard InChI is InChI=1S/C23H26N4O3S/c1-4-19(21(28)26-23-24-10-12-31-23)30-22(29)20-15-7-5-6-8-17(15)25-18-9-11-27(14(2)3)13-16(18)20/h5-8,10,12,14,19H,4,9,11,13H2,1-3H3,(H,24,26,28). The molecule has 8 heteroatoms. The Morgan fingerprint density at radius 2 is 2.10 bits per heavy atom. The van der Waals surface area contributed by atoms with Gasteiger partial charge in [-0.3, -0.25) is 20.0 Å². The molecule has 0 radical (unpaired) electrons. The van der Waals surface area contributed by atoms with E-state index in [0.717, 1.165) is 35.1 Å². The normalized spacial score (nSPS) is 15.0. The van der Waals surface area contributed by atoms with Gasteiger partial charge in [-0.05, 0) is 26.3 Å². The number of carbonyl (C=O) groups is 2. The third kappa shape index (κ3) is 4.45. The van der Waals surface area contributed by atoms with Crippen LogP contribution >= 0.6 is 11.3 Å². The van der Waals surface area contributed by atoms with Crippen LogP contribution in [0, 0.1) is 0 Å². The van der Waals surface area contributed by atoms with Crippen molar-refractivity contribution < 1.29 is 14.3 Å². The van der Waals surface area contributed by atoms with Gasteiger partial charge < -0.3 is 4.74 Å². The van der Waals surface area contributed by atoms with E-state index in [1.807, 2.05) is 31.2 Å². The van der Waals surface area contributed by atoms with Gasteiger partial charge in [-0.25, -0.2) is 9.78 Å². The van der Waals surface area contributed by atoms with Gasteiger partial charge in [0.05, 0.1) is 11.1 Å². The lowest BCUT2D eigenvalue weighted by Gasteiger charge is -2.32. The number of amides is 1. The lowest BCUT2D eigenvalue weighted by Crippen LogP contribution is -2.38. The molecule has 1 aromatic carbocycles. The zero-order valence-corrected chi connectivity index (χ0v) is 18.7. The van der Waals surface area contributed by atoms with Crippen molar-refractivity contribution in [3.8, 4) is 0 Å². The summed E-state index contributed by atoms with van der Waals surface area (Å²) in [6.45, 7) is 7.65. The molecular formula is C23H26N4O3S. The molecule has 162 valence electrons. The summed E-state index contributed by atoms with van der Waals surface area (Å²) in [7, 11) is 0. The summed E-state index contributed by atoms with van der Waals surface area (Å²) in [6.07, 6.45) is 1.86. The molecule has 7 nitrogen and oxygen atoms in total. The molecule has 4 rings (SSSR count). The topological polar surface area (TPSA) is 84.4 Å². The van der Waals surface area contributed by atoms with Gasteiger partial charge in [-0.15, -0.1) is 11.3 Å². The minimum Gasteiger partial charge on any atom is -0.449 e. The molecule has 0 saturated carbocycles. The number of hydrogen-bond acceptors (Lipinski definition) is 7. The number of para-hydroxylation sites is 1. The van der Waals surface area contributed by atoms with Crippen LogP contribution < -0.4 is 5.32 Å². The molecular weight excluding hydrogens is 412 g/mol. The lowest BCUT2D eigenvalue weighted by atomic mass is 9.95. The number of carbonyl (C=O) groups excluding carboxylic acids is 2. The molecule has 0 spiro atoms. The summed E-state index contributed by atoms with van der Waals surface area (Å²) in [5.41, 5.74) is 3.12. The number of nitrogens with one attached hydrogen (secondary N) is 1. The first-order chi connectivity index (χ1) is 15.0. The summed E-state index contributed by atoms with van der Waals surface area (Å²) in [6, 6.07) is 7.97. The van der Waals surface area contributed by atoms with Gasteiger partial charge in [0, 0.05) is 53.8 Å². The van der Waals surface area contributed by atoms with Crippen molar-refractivity contribution in [2.75, 3.05) is 11.9 Å². The SMILES string of the molecule is CCC(OC(=O)c1c2c(nc3ccccc13)CCN(C(C)C)C2)C(=O)Nc1nccs1. The van der Waals surface area contributed by atoms with Gasteiger partial charge in [-0.1, -0.05) is 25.1 Å². The number of benzene rings is 1. The van der Waals surface area contributed by atoms with Gasteiger partial charge in [0.1, 0.15) is 0 Å². The van der Waals surface area contributed by atoms with E-state index in [1.54, 1.807) is 11.6 Å². The van der Waals surface area contributed by atoms with Gasteiger partial charge >= 0.3 is 5.97 Å². The fourth-order valence-corrected chi connectivity index (χ4v) is 4.40. The summed E-state index contributed by atoms with van der Waals surface area (Å²) >= 11 is 1.32. The Hall–Kier alpha value is -2.84. The highest BCUT2D eigenvalue weighted by Crippen LogP contribution is 2.30. The molecule has 1 unspecified atom stereocenters. The Morgan fingerprint density at radius 1 is 1.29 bits per heavy atom. The first-order valence-corrected chi connectivity index (χ1v) is 11.4. The first kappa shape index (κ1) is 21.4. The first-order valence-electron chi connectivity index (χ1n) is 10.5. The van der Waals surface area contributed by atoms with Crippen LogP contribution in [-0.4, -0.2) is 45.4 Å². The van der Waals surface area contributed by atoms with Crippen LogP contribution in [0.4, 0.5) is 5.13 Å². The molecule has 3 heterocycles. The van der Waals surface area contributed by atoms with Crippen LogP contribution in [0.15, 0.2) is 35.8 Å². The van der Waals surface area contributed by atoms with Crippen molar-refractivity contribution in [1.82, 2.24) is 14.9 Å². The Morgan fingerprint density at radius 3 is 2.81 bits per heavy atom. The predicted octanol–water partition coefficient (Wildman–Crippen LogP) is 4.03. The van der Waals surface area contributed by atoms with E-state index in [-0.39, 0.29) is 5.91 Å². The zero-order chi connectivity index (χ0) is 22.0. The third-order valence-electron chi connectivity index (χ3n) is 5.59. The zero-order valence-electron chi connectivity index (χ0n) is 17.9. The molecule has 1 aliphatic heterocycles. The number of ether oxygens (including phenoxy) is 1. The van der Waals surface area contributed by atoms with Crippen molar-refractivity contribution >= 4 is 39.2 Å². The van der Waals surface area contributed by atoms with E-state index in [2.05, 4.69) is 29.0 Å². The second-order valence-corrected chi connectivity index (χ2v) is 8.77. The van der Waals surface area contributed by atoms with Gasteiger partial charge in [0.25, 0.3) is 5.91 Å². The number of rotatable bonds is 6. The maximum atomic E-state index is 13.4. The number of thiazole rings is 1. The lowest BCUT2D eigenvalue weighted by molar-refractivity contribution is -0.124. The van der Waals surface area contributed by atoms with Crippen LogP contribution in [-0.2, 0) is 22.5 Å². The Bertz CT molecular complexity index is 1100. The number of pyridine rings is 1. The minimum absolute atomic E-state index is 0.357. The van der Waals surface area contributed by atoms with E-state index in [9.17, 15) is 9.59 Å². The van der Waals surface area contributed by atoms with Crippen molar-refractivity contribution in [1.29, 1.82) is 0 Å². The van der Waals surface area contributed by atoms with Crippen molar-refractivity contribution in [2.45, 2.75) is 52.3 Å². The second kappa shape index (κ2) is 9.11. The van der Waals surface area contributed by atoms with Gasteiger partial charge in [0.2, 0.25) is 0 Å².